The number of hydrogen-bond acceptors (Lipinski definition) is 4. The van der Waals surface area contributed by atoms with E-state index in [-0.39, 0.29) is 5.91 Å². The molecule has 4 nitrogen and oxygen atoms in total. The van der Waals surface area contributed by atoms with Gasteiger partial charge in [-0.2, -0.15) is 0 Å². The SMILES string of the molecule is O=C(N[C@H]1CN2CCC1CC2)c1ccnc2sccc12. The van der Waals surface area contributed by atoms with Crippen molar-refractivity contribution >= 4 is 27.5 Å². The largest absolute Gasteiger partial charge is 0.348 e. The summed E-state index contributed by atoms with van der Waals surface area (Å²) >= 11 is 1.58. The topological polar surface area (TPSA) is 45.2 Å². The number of thiophene rings is 1. The number of nitrogens with zero attached hydrogens (tertiary/aromatic N) is 2. The Morgan fingerprint density at radius 1 is 1.35 bits per heavy atom. The molecule has 2 aromatic heterocycles. The number of amides is 1. The number of piperidine rings is 3. The van der Waals surface area contributed by atoms with Gasteiger partial charge in [0, 0.05) is 24.2 Å². The molecule has 1 N–H and O–H groups in total. The zero-order valence-corrected chi connectivity index (χ0v) is 12.0. The van der Waals surface area contributed by atoms with Crippen LogP contribution in [0.25, 0.3) is 10.2 Å². The minimum absolute atomic E-state index is 0.0505. The van der Waals surface area contributed by atoms with Gasteiger partial charge in [-0.1, -0.05) is 0 Å². The molecule has 1 atom stereocenters. The van der Waals surface area contributed by atoms with Gasteiger partial charge in [0.05, 0.1) is 5.56 Å². The van der Waals surface area contributed by atoms with E-state index in [1.165, 1.54) is 25.9 Å². The molecule has 3 aliphatic heterocycles. The minimum Gasteiger partial charge on any atom is -0.348 e. The van der Waals surface area contributed by atoms with Gasteiger partial charge in [-0.15, -0.1) is 11.3 Å². The summed E-state index contributed by atoms with van der Waals surface area (Å²) in [5, 5.41) is 6.20. The van der Waals surface area contributed by atoms with Crippen molar-refractivity contribution in [2.45, 2.75) is 18.9 Å². The maximum Gasteiger partial charge on any atom is 0.252 e. The smallest absolute Gasteiger partial charge is 0.252 e. The third kappa shape index (κ3) is 2.01. The summed E-state index contributed by atoms with van der Waals surface area (Å²) < 4.78 is 0. The summed E-state index contributed by atoms with van der Waals surface area (Å²) in [4.78, 5) is 20.2. The van der Waals surface area contributed by atoms with E-state index in [2.05, 4.69) is 15.2 Å². The molecule has 20 heavy (non-hydrogen) atoms. The first-order chi connectivity index (χ1) is 9.81. The second-order valence-corrected chi connectivity index (χ2v) is 6.61. The number of rotatable bonds is 2. The van der Waals surface area contributed by atoms with Crippen LogP contribution in [0, 0.1) is 5.92 Å². The van der Waals surface area contributed by atoms with E-state index in [9.17, 15) is 4.79 Å². The van der Waals surface area contributed by atoms with E-state index in [0.717, 1.165) is 22.3 Å². The van der Waals surface area contributed by atoms with Crippen LogP contribution in [0.1, 0.15) is 23.2 Å². The first-order valence-electron chi connectivity index (χ1n) is 7.17. The van der Waals surface area contributed by atoms with Crippen molar-refractivity contribution in [1.29, 1.82) is 0 Å². The van der Waals surface area contributed by atoms with Crippen LogP contribution in [0.15, 0.2) is 23.7 Å². The number of carbonyl (C=O) groups excluding carboxylic acids is 1. The molecule has 0 spiro atoms. The second kappa shape index (κ2) is 4.82. The number of pyridine rings is 1. The van der Waals surface area contributed by atoms with Gasteiger partial charge in [0.15, 0.2) is 0 Å². The third-order valence-electron chi connectivity index (χ3n) is 4.59. The fourth-order valence-corrected chi connectivity index (χ4v) is 4.21. The predicted octanol–water partition coefficient (Wildman–Crippen LogP) is 2.12. The van der Waals surface area contributed by atoms with Crippen molar-refractivity contribution < 1.29 is 4.79 Å². The molecule has 0 aromatic carbocycles. The van der Waals surface area contributed by atoms with Crippen LogP contribution in [-0.2, 0) is 0 Å². The van der Waals surface area contributed by atoms with Crippen molar-refractivity contribution in [3.8, 4) is 0 Å². The molecule has 0 aliphatic carbocycles. The van der Waals surface area contributed by atoms with Crippen molar-refractivity contribution in [3.05, 3.63) is 29.3 Å². The molecule has 2 aromatic rings. The molecule has 3 fully saturated rings. The zero-order valence-electron chi connectivity index (χ0n) is 11.2. The Morgan fingerprint density at radius 2 is 2.20 bits per heavy atom. The summed E-state index contributed by atoms with van der Waals surface area (Å²) in [7, 11) is 0. The second-order valence-electron chi connectivity index (χ2n) is 5.72. The molecular weight excluding hydrogens is 270 g/mol. The van der Waals surface area contributed by atoms with Gasteiger partial charge in [0.2, 0.25) is 0 Å². The minimum atomic E-state index is 0.0505. The summed E-state index contributed by atoms with van der Waals surface area (Å²) in [6.45, 7) is 3.40. The number of carbonyl (C=O) groups is 1. The van der Waals surface area contributed by atoms with E-state index < -0.39 is 0 Å². The van der Waals surface area contributed by atoms with Gasteiger partial charge < -0.3 is 10.2 Å². The molecule has 0 radical (unpaired) electrons. The molecule has 3 aliphatic rings. The highest BCUT2D eigenvalue weighted by molar-refractivity contribution is 7.16. The predicted molar refractivity (Wildman–Crippen MR) is 80.0 cm³/mol. The Bertz CT molecular complexity index is 645. The molecule has 3 saturated heterocycles. The number of fused-ring (bicyclic) bond motifs is 4. The molecule has 0 unspecified atom stereocenters. The van der Waals surface area contributed by atoms with Crippen molar-refractivity contribution in [3.63, 3.8) is 0 Å². The molecular formula is C15H17N3OS. The highest BCUT2D eigenvalue weighted by atomic mass is 32.1. The Balaban J connectivity index is 1.57. The summed E-state index contributed by atoms with van der Waals surface area (Å²) in [6, 6.07) is 4.12. The van der Waals surface area contributed by atoms with Crippen molar-refractivity contribution in [1.82, 2.24) is 15.2 Å². The fourth-order valence-electron chi connectivity index (χ4n) is 3.45. The van der Waals surface area contributed by atoms with Crippen LogP contribution in [-0.4, -0.2) is 41.5 Å². The average molecular weight is 287 g/mol. The first kappa shape index (κ1) is 12.3. The average Bonchev–Trinajstić information content (AvgIpc) is 2.96. The maximum absolute atomic E-state index is 12.5. The fraction of sp³-hybridized carbons (Fsp3) is 0.467. The molecule has 0 saturated carbocycles. The standard InChI is InChI=1S/C15H17N3OS/c19-14(11-1-5-16-15-12(11)4-8-20-15)17-13-9-18-6-2-10(13)3-7-18/h1,4-5,8,10,13H,2-3,6-7,9H2,(H,17,19)/t13-/m0/s1. The Hall–Kier alpha value is -1.46. The summed E-state index contributed by atoms with van der Waals surface area (Å²) in [5.74, 6) is 0.707. The van der Waals surface area contributed by atoms with Crippen LogP contribution in [0.4, 0.5) is 0 Å². The van der Waals surface area contributed by atoms with E-state index in [0.29, 0.717) is 12.0 Å². The van der Waals surface area contributed by atoms with Crippen molar-refractivity contribution in [2.24, 2.45) is 5.92 Å². The van der Waals surface area contributed by atoms with E-state index in [1.54, 1.807) is 17.5 Å². The lowest BCUT2D eigenvalue weighted by Crippen LogP contribution is -2.57. The molecule has 5 rings (SSSR count). The van der Waals surface area contributed by atoms with E-state index >= 15 is 0 Å². The lowest BCUT2D eigenvalue weighted by atomic mass is 9.84. The van der Waals surface area contributed by atoms with E-state index in [1.807, 2.05) is 17.5 Å². The summed E-state index contributed by atoms with van der Waals surface area (Å²) in [5.41, 5.74) is 0.757. The van der Waals surface area contributed by atoms with Gasteiger partial charge in [0.1, 0.15) is 4.83 Å². The van der Waals surface area contributed by atoms with Crippen LogP contribution in [0.5, 0.6) is 0 Å². The lowest BCUT2D eigenvalue weighted by molar-refractivity contribution is 0.0621. The van der Waals surface area contributed by atoms with Crippen LogP contribution >= 0.6 is 11.3 Å². The van der Waals surface area contributed by atoms with E-state index in [4.69, 9.17) is 0 Å². The molecule has 1 amide bonds. The Kier molecular flexibility index (Phi) is 2.97. The van der Waals surface area contributed by atoms with Crippen molar-refractivity contribution in [2.75, 3.05) is 19.6 Å². The zero-order chi connectivity index (χ0) is 13.5. The highest BCUT2D eigenvalue weighted by Crippen LogP contribution is 2.28. The van der Waals surface area contributed by atoms with Gasteiger partial charge >= 0.3 is 0 Å². The third-order valence-corrected chi connectivity index (χ3v) is 5.41. The first-order valence-corrected chi connectivity index (χ1v) is 8.04. The number of nitrogens with one attached hydrogen (secondary N) is 1. The molecule has 5 heterocycles. The monoisotopic (exact) mass is 287 g/mol. The highest BCUT2D eigenvalue weighted by Gasteiger charge is 2.35. The maximum atomic E-state index is 12.5. The lowest BCUT2D eigenvalue weighted by Gasteiger charge is -2.44. The normalized spacial score (nSPS) is 28.7. The molecule has 2 bridgehead atoms. The number of aromatic nitrogens is 1. The van der Waals surface area contributed by atoms with Gasteiger partial charge in [-0.25, -0.2) is 4.98 Å². The van der Waals surface area contributed by atoms with Crippen LogP contribution in [0.3, 0.4) is 0 Å². The number of hydrogen-bond donors (Lipinski definition) is 1. The van der Waals surface area contributed by atoms with Gasteiger partial charge in [-0.05, 0) is 49.4 Å². The summed E-state index contributed by atoms with van der Waals surface area (Å²) in [6.07, 6.45) is 4.16. The van der Waals surface area contributed by atoms with Crippen LogP contribution in [0.2, 0.25) is 0 Å². The Labute approximate surface area is 121 Å². The quantitative estimate of drug-likeness (QED) is 0.920. The molecule has 5 heteroatoms. The van der Waals surface area contributed by atoms with Gasteiger partial charge in [0.25, 0.3) is 5.91 Å². The van der Waals surface area contributed by atoms with Crippen LogP contribution < -0.4 is 5.32 Å². The molecule has 104 valence electrons. The Morgan fingerprint density at radius 3 is 2.95 bits per heavy atom. The van der Waals surface area contributed by atoms with Gasteiger partial charge in [-0.3, -0.25) is 4.79 Å².